The van der Waals surface area contributed by atoms with Crippen LogP contribution in [0.5, 0.6) is 11.5 Å². The lowest BCUT2D eigenvalue weighted by atomic mass is 10.1. The Morgan fingerprint density at radius 2 is 1.53 bits per heavy atom. The number of carbonyl (C=O) groups excluding carboxylic acids is 2. The highest BCUT2D eigenvalue weighted by molar-refractivity contribution is 7.88. The zero-order valence-corrected chi connectivity index (χ0v) is 19.4. The molecule has 32 heavy (non-hydrogen) atoms. The van der Waals surface area contributed by atoms with Crippen LogP contribution >= 0.6 is 0 Å². The van der Waals surface area contributed by atoms with Crippen molar-refractivity contribution in [1.82, 2.24) is 15.4 Å². The molecule has 2 aromatic carbocycles. The normalized spacial score (nSPS) is 11.2. The predicted molar refractivity (Wildman–Crippen MR) is 121 cm³/mol. The van der Waals surface area contributed by atoms with Crippen LogP contribution in [0, 0.1) is 0 Å². The zero-order valence-electron chi connectivity index (χ0n) is 18.6. The summed E-state index contributed by atoms with van der Waals surface area (Å²) >= 11 is 0. The second-order valence-electron chi connectivity index (χ2n) is 7.38. The minimum Gasteiger partial charge on any atom is -0.493 e. The van der Waals surface area contributed by atoms with Crippen LogP contribution in [0.25, 0.3) is 0 Å². The summed E-state index contributed by atoms with van der Waals surface area (Å²) in [5, 5.41) is 5.26. The average molecular weight is 464 g/mol. The quantitative estimate of drug-likeness (QED) is 0.465. The van der Waals surface area contributed by atoms with E-state index >= 15 is 0 Å². The van der Waals surface area contributed by atoms with E-state index in [9.17, 15) is 18.0 Å². The summed E-state index contributed by atoms with van der Waals surface area (Å²) in [5.41, 5.74) is 1.80. The fourth-order valence-electron chi connectivity index (χ4n) is 2.88. The summed E-state index contributed by atoms with van der Waals surface area (Å²) in [6, 6.07) is 11.5. The van der Waals surface area contributed by atoms with Gasteiger partial charge < -0.3 is 20.1 Å². The predicted octanol–water partition coefficient (Wildman–Crippen LogP) is 1.58. The summed E-state index contributed by atoms with van der Waals surface area (Å²) in [6.45, 7) is 3.59. The molecule has 0 aliphatic carbocycles. The monoisotopic (exact) mass is 463 g/mol. The molecule has 10 heteroatoms. The van der Waals surface area contributed by atoms with E-state index in [4.69, 9.17) is 9.47 Å². The molecule has 0 fully saturated rings. The standard InChI is InChI=1S/C22H29N3O6S/c1-15(2)25-32(28,29)14-17-7-5-16(6-8-17)12-23-21(26)13-24-22(27)18-9-10-19(30-3)20(11-18)31-4/h5-11,15,25H,12-14H2,1-4H3,(H,23,26)(H,24,27). The van der Waals surface area contributed by atoms with Crippen molar-refractivity contribution in [2.24, 2.45) is 0 Å². The summed E-state index contributed by atoms with van der Waals surface area (Å²) in [5.74, 6) is 0.0377. The van der Waals surface area contributed by atoms with Gasteiger partial charge in [0.15, 0.2) is 11.5 Å². The molecule has 174 valence electrons. The third-order valence-electron chi connectivity index (χ3n) is 4.34. The molecule has 0 radical (unpaired) electrons. The van der Waals surface area contributed by atoms with Gasteiger partial charge in [-0.05, 0) is 43.2 Å². The average Bonchev–Trinajstić information content (AvgIpc) is 2.75. The molecule has 0 aliphatic heterocycles. The highest BCUT2D eigenvalue weighted by Gasteiger charge is 2.14. The molecule has 2 aromatic rings. The van der Waals surface area contributed by atoms with Gasteiger partial charge in [-0.1, -0.05) is 24.3 Å². The number of methoxy groups -OCH3 is 2. The highest BCUT2D eigenvalue weighted by Crippen LogP contribution is 2.27. The number of ether oxygens (including phenoxy) is 2. The van der Waals surface area contributed by atoms with Gasteiger partial charge in [-0.25, -0.2) is 13.1 Å². The molecule has 0 saturated heterocycles. The van der Waals surface area contributed by atoms with Crippen LogP contribution in [0.15, 0.2) is 42.5 Å². The van der Waals surface area contributed by atoms with Crippen molar-refractivity contribution in [3.63, 3.8) is 0 Å². The lowest BCUT2D eigenvalue weighted by Gasteiger charge is -2.11. The Morgan fingerprint density at radius 3 is 2.12 bits per heavy atom. The Morgan fingerprint density at radius 1 is 0.906 bits per heavy atom. The van der Waals surface area contributed by atoms with Gasteiger partial charge in [0, 0.05) is 18.2 Å². The van der Waals surface area contributed by atoms with Crippen LogP contribution in [0.1, 0.15) is 35.3 Å². The number of hydrogen-bond donors (Lipinski definition) is 3. The molecule has 3 N–H and O–H groups in total. The van der Waals surface area contributed by atoms with Crippen LogP contribution < -0.4 is 24.8 Å². The van der Waals surface area contributed by atoms with Crippen LogP contribution in [0.4, 0.5) is 0 Å². The van der Waals surface area contributed by atoms with Gasteiger partial charge in [0.25, 0.3) is 5.91 Å². The zero-order chi connectivity index (χ0) is 23.7. The van der Waals surface area contributed by atoms with E-state index in [1.165, 1.54) is 20.3 Å². The van der Waals surface area contributed by atoms with E-state index in [1.807, 2.05) is 0 Å². The summed E-state index contributed by atoms with van der Waals surface area (Å²) < 4.78 is 36.8. The molecular formula is C22H29N3O6S. The molecule has 0 aromatic heterocycles. The number of rotatable bonds is 11. The Hall–Kier alpha value is -3.11. The first-order valence-corrected chi connectivity index (χ1v) is 11.6. The topological polar surface area (TPSA) is 123 Å². The van der Waals surface area contributed by atoms with E-state index in [0.717, 1.165) is 5.56 Å². The van der Waals surface area contributed by atoms with E-state index in [2.05, 4.69) is 15.4 Å². The molecule has 0 heterocycles. The van der Waals surface area contributed by atoms with Crippen molar-refractivity contribution in [1.29, 1.82) is 0 Å². The van der Waals surface area contributed by atoms with Gasteiger partial charge in [0.05, 0.1) is 26.5 Å². The fraction of sp³-hybridized carbons (Fsp3) is 0.364. The van der Waals surface area contributed by atoms with Gasteiger partial charge >= 0.3 is 0 Å². The largest absolute Gasteiger partial charge is 0.493 e. The van der Waals surface area contributed by atoms with E-state index in [-0.39, 0.29) is 30.8 Å². The SMILES string of the molecule is COc1ccc(C(=O)NCC(=O)NCc2ccc(CS(=O)(=O)NC(C)C)cc2)cc1OC. The maximum Gasteiger partial charge on any atom is 0.251 e. The summed E-state index contributed by atoms with van der Waals surface area (Å²) in [4.78, 5) is 24.3. The summed E-state index contributed by atoms with van der Waals surface area (Å²) in [7, 11) is -0.420. The van der Waals surface area contributed by atoms with Crippen LogP contribution in [0.2, 0.25) is 0 Å². The first-order valence-electron chi connectivity index (χ1n) is 9.98. The Bertz CT molecular complexity index is 1040. The molecule has 0 aliphatic rings. The molecule has 0 atom stereocenters. The number of hydrogen-bond acceptors (Lipinski definition) is 6. The Kier molecular flexibility index (Phi) is 9.03. The van der Waals surface area contributed by atoms with Crippen molar-refractivity contribution >= 4 is 21.8 Å². The first-order chi connectivity index (χ1) is 15.1. The molecular weight excluding hydrogens is 434 g/mol. The fourth-order valence-corrected chi connectivity index (χ4v) is 4.31. The molecule has 0 bridgehead atoms. The second-order valence-corrected chi connectivity index (χ2v) is 9.13. The Balaban J connectivity index is 1.82. The smallest absolute Gasteiger partial charge is 0.251 e. The van der Waals surface area contributed by atoms with Gasteiger partial charge in [-0.2, -0.15) is 0 Å². The number of sulfonamides is 1. The maximum atomic E-state index is 12.3. The third kappa shape index (κ3) is 7.86. The van der Waals surface area contributed by atoms with Crippen molar-refractivity contribution in [3.05, 3.63) is 59.2 Å². The highest BCUT2D eigenvalue weighted by atomic mass is 32.2. The van der Waals surface area contributed by atoms with E-state index < -0.39 is 15.9 Å². The van der Waals surface area contributed by atoms with Gasteiger partial charge in [-0.3, -0.25) is 9.59 Å². The van der Waals surface area contributed by atoms with Crippen molar-refractivity contribution < 1.29 is 27.5 Å². The number of amides is 2. The second kappa shape index (κ2) is 11.5. The lowest BCUT2D eigenvalue weighted by Crippen LogP contribution is -2.36. The summed E-state index contributed by atoms with van der Waals surface area (Å²) in [6.07, 6.45) is 0. The minimum atomic E-state index is -3.39. The number of nitrogens with one attached hydrogen (secondary N) is 3. The van der Waals surface area contributed by atoms with Crippen molar-refractivity contribution in [2.45, 2.75) is 32.2 Å². The molecule has 0 unspecified atom stereocenters. The lowest BCUT2D eigenvalue weighted by molar-refractivity contribution is -0.120. The van der Waals surface area contributed by atoms with Gasteiger partial charge in [0.2, 0.25) is 15.9 Å². The Labute approximate surface area is 188 Å². The van der Waals surface area contributed by atoms with Crippen LogP contribution in [-0.2, 0) is 27.1 Å². The van der Waals surface area contributed by atoms with Crippen LogP contribution in [-0.4, -0.2) is 47.0 Å². The number of benzene rings is 2. The molecule has 9 nitrogen and oxygen atoms in total. The maximum absolute atomic E-state index is 12.3. The molecule has 2 amide bonds. The molecule has 0 spiro atoms. The number of carbonyl (C=O) groups is 2. The van der Waals surface area contributed by atoms with Crippen LogP contribution in [0.3, 0.4) is 0 Å². The van der Waals surface area contributed by atoms with Gasteiger partial charge in [-0.15, -0.1) is 0 Å². The van der Waals surface area contributed by atoms with Crippen molar-refractivity contribution in [3.8, 4) is 11.5 Å². The molecule has 0 saturated carbocycles. The van der Waals surface area contributed by atoms with Crippen molar-refractivity contribution in [2.75, 3.05) is 20.8 Å². The van der Waals surface area contributed by atoms with Gasteiger partial charge in [0.1, 0.15) is 0 Å². The first kappa shape index (κ1) is 25.2. The van der Waals surface area contributed by atoms with E-state index in [0.29, 0.717) is 22.6 Å². The minimum absolute atomic E-state index is 0.111. The third-order valence-corrected chi connectivity index (χ3v) is 5.88. The molecule has 2 rings (SSSR count). The van der Waals surface area contributed by atoms with E-state index in [1.54, 1.807) is 50.2 Å².